The summed E-state index contributed by atoms with van der Waals surface area (Å²) in [5.41, 5.74) is 3.96. The fourth-order valence-corrected chi connectivity index (χ4v) is 7.12. The van der Waals surface area contributed by atoms with Gasteiger partial charge in [0.1, 0.15) is 5.75 Å². The van der Waals surface area contributed by atoms with Crippen LogP contribution in [0.15, 0.2) is 6.07 Å². The second-order valence-electron chi connectivity index (χ2n) is 15.5. The molecular formula is C43H79NO2. The molecule has 0 aromatic heterocycles. The number of nitrogens with zero attached hydrogens (tertiary/aromatic N) is 1. The van der Waals surface area contributed by atoms with Crippen LogP contribution in [0.2, 0.25) is 0 Å². The third kappa shape index (κ3) is 18.7. The molecule has 0 aliphatic heterocycles. The Morgan fingerprint density at radius 1 is 0.630 bits per heavy atom. The Labute approximate surface area is 288 Å². The first-order valence-corrected chi connectivity index (χ1v) is 20.2. The van der Waals surface area contributed by atoms with Crippen LogP contribution in [0.1, 0.15) is 217 Å². The molecule has 0 radical (unpaired) electrons. The second-order valence-corrected chi connectivity index (χ2v) is 15.5. The number of hydrogen-bond donors (Lipinski definition) is 1. The normalized spacial score (nSPS) is 11.8. The first kappa shape index (κ1) is 42.5. The zero-order valence-corrected chi connectivity index (χ0v) is 32.2. The number of benzene rings is 1. The Kier molecular flexibility index (Phi) is 24.4. The Morgan fingerprint density at radius 2 is 1.00 bits per heavy atom. The highest BCUT2D eigenvalue weighted by atomic mass is 16.3. The molecule has 0 spiro atoms. The molecule has 1 rings (SSSR count). The molecule has 0 fully saturated rings. The Bertz CT molecular complexity index is 905. The van der Waals surface area contributed by atoms with Crippen molar-refractivity contribution in [1.29, 1.82) is 0 Å². The number of hydrogen-bond acceptors (Lipinski definition) is 2. The molecule has 3 nitrogen and oxygen atoms in total. The number of unbranched alkanes of at least 4 members (excludes halogenated alkanes) is 23. The first-order chi connectivity index (χ1) is 22.2. The fraction of sp³-hybridized carbons (Fsp3) is 0.837. The van der Waals surface area contributed by atoms with E-state index in [1.54, 1.807) is 0 Å². The minimum Gasteiger partial charge on any atom is -0.507 e. The lowest BCUT2D eigenvalue weighted by molar-refractivity contribution is -0.129. The highest BCUT2D eigenvalue weighted by molar-refractivity contribution is 5.79. The SMILES string of the molecule is CCCCCCCCCCCCCCCCCCCCCCCCN(C)C(=O)Cc1c(C)cc(C(C)(C)CCCCC)c(O)c1C. The fourth-order valence-electron chi connectivity index (χ4n) is 7.12. The van der Waals surface area contributed by atoms with Gasteiger partial charge in [0.25, 0.3) is 0 Å². The maximum Gasteiger partial charge on any atom is 0.226 e. The zero-order chi connectivity index (χ0) is 34.0. The van der Waals surface area contributed by atoms with Crippen LogP contribution in [0, 0.1) is 13.8 Å². The van der Waals surface area contributed by atoms with Gasteiger partial charge in [0.05, 0.1) is 6.42 Å². The lowest BCUT2D eigenvalue weighted by Gasteiger charge is -2.29. The summed E-state index contributed by atoms with van der Waals surface area (Å²) in [4.78, 5) is 15.0. The summed E-state index contributed by atoms with van der Waals surface area (Å²) >= 11 is 0. The van der Waals surface area contributed by atoms with Gasteiger partial charge >= 0.3 is 0 Å². The zero-order valence-electron chi connectivity index (χ0n) is 32.2. The average molecular weight is 642 g/mol. The molecule has 1 amide bonds. The van der Waals surface area contributed by atoms with E-state index >= 15 is 0 Å². The van der Waals surface area contributed by atoms with Gasteiger partial charge in [0.2, 0.25) is 5.91 Å². The third-order valence-electron chi connectivity index (χ3n) is 10.6. The monoisotopic (exact) mass is 642 g/mol. The minimum absolute atomic E-state index is 0.0696. The number of amides is 1. The van der Waals surface area contributed by atoms with Crippen LogP contribution in [-0.4, -0.2) is 29.5 Å². The largest absolute Gasteiger partial charge is 0.507 e. The summed E-state index contributed by atoms with van der Waals surface area (Å²) in [6, 6.07) is 2.14. The number of rotatable bonds is 30. The average Bonchev–Trinajstić information content (AvgIpc) is 3.03. The third-order valence-corrected chi connectivity index (χ3v) is 10.6. The van der Waals surface area contributed by atoms with Crippen LogP contribution in [0.25, 0.3) is 0 Å². The van der Waals surface area contributed by atoms with Crippen LogP contribution in [0.3, 0.4) is 0 Å². The lowest BCUT2D eigenvalue weighted by atomic mass is 9.77. The van der Waals surface area contributed by atoms with E-state index in [9.17, 15) is 9.90 Å². The van der Waals surface area contributed by atoms with Gasteiger partial charge in [-0.1, -0.05) is 188 Å². The number of phenolic OH excluding ortho intramolecular Hbond substituents is 1. The predicted molar refractivity (Wildman–Crippen MR) is 203 cm³/mol. The number of aryl methyl sites for hydroxylation is 1. The van der Waals surface area contributed by atoms with Gasteiger partial charge in [0, 0.05) is 19.2 Å². The number of phenols is 1. The van der Waals surface area contributed by atoms with Crippen molar-refractivity contribution in [3.8, 4) is 5.75 Å². The molecular weight excluding hydrogens is 562 g/mol. The lowest BCUT2D eigenvalue weighted by Crippen LogP contribution is -2.29. The van der Waals surface area contributed by atoms with Crippen LogP contribution in [0.5, 0.6) is 5.75 Å². The van der Waals surface area contributed by atoms with Crippen molar-refractivity contribution < 1.29 is 9.90 Å². The first-order valence-electron chi connectivity index (χ1n) is 20.2. The summed E-state index contributed by atoms with van der Waals surface area (Å²) in [5, 5.41) is 11.1. The molecule has 0 aliphatic carbocycles. The molecule has 0 aliphatic rings. The van der Waals surface area contributed by atoms with Gasteiger partial charge in [-0.3, -0.25) is 4.79 Å². The van der Waals surface area contributed by atoms with E-state index in [1.807, 2.05) is 18.9 Å². The van der Waals surface area contributed by atoms with E-state index in [0.717, 1.165) is 41.6 Å². The highest BCUT2D eigenvalue weighted by Crippen LogP contribution is 2.39. The molecule has 1 aromatic carbocycles. The maximum absolute atomic E-state index is 13.1. The smallest absolute Gasteiger partial charge is 0.226 e. The van der Waals surface area contributed by atoms with Crippen molar-refractivity contribution in [2.24, 2.45) is 0 Å². The van der Waals surface area contributed by atoms with E-state index in [4.69, 9.17) is 0 Å². The summed E-state index contributed by atoms with van der Waals surface area (Å²) in [5.74, 6) is 0.543. The molecule has 1 aromatic rings. The molecule has 0 atom stereocenters. The molecule has 46 heavy (non-hydrogen) atoms. The molecule has 3 heteroatoms. The van der Waals surface area contributed by atoms with Crippen LogP contribution in [-0.2, 0) is 16.6 Å². The molecule has 1 N–H and O–H groups in total. The highest BCUT2D eigenvalue weighted by Gasteiger charge is 2.27. The van der Waals surface area contributed by atoms with E-state index < -0.39 is 0 Å². The van der Waals surface area contributed by atoms with Gasteiger partial charge in [-0.2, -0.15) is 0 Å². The quantitative estimate of drug-likeness (QED) is 0.0849. The minimum atomic E-state index is -0.0696. The van der Waals surface area contributed by atoms with Crippen LogP contribution in [0.4, 0.5) is 0 Å². The van der Waals surface area contributed by atoms with Crippen molar-refractivity contribution in [2.45, 2.75) is 220 Å². The van der Waals surface area contributed by atoms with E-state index in [-0.39, 0.29) is 11.3 Å². The van der Waals surface area contributed by atoms with Gasteiger partial charge in [-0.15, -0.1) is 0 Å². The summed E-state index contributed by atoms with van der Waals surface area (Å²) in [6.07, 6.45) is 35.7. The molecule has 0 heterocycles. The Hall–Kier alpha value is -1.51. The second kappa shape index (κ2) is 26.4. The van der Waals surface area contributed by atoms with Crippen molar-refractivity contribution in [1.82, 2.24) is 4.90 Å². The molecule has 0 bridgehead atoms. The molecule has 268 valence electrons. The topological polar surface area (TPSA) is 40.5 Å². The Balaban J connectivity index is 2.08. The number of carbonyl (C=O) groups is 1. The van der Waals surface area contributed by atoms with Crippen molar-refractivity contribution in [3.05, 3.63) is 28.3 Å². The number of carbonyl (C=O) groups excluding carboxylic acids is 1. The van der Waals surface area contributed by atoms with Crippen molar-refractivity contribution in [3.63, 3.8) is 0 Å². The number of likely N-dealkylation sites (N-methyl/N-ethyl adjacent to an activating group) is 1. The van der Waals surface area contributed by atoms with Crippen LogP contribution < -0.4 is 0 Å². The molecule has 0 saturated carbocycles. The molecule has 0 saturated heterocycles. The van der Waals surface area contributed by atoms with Crippen molar-refractivity contribution in [2.75, 3.05) is 13.6 Å². The van der Waals surface area contributed by atoms with Gasteiger partial charge in [0.15, 0.2) is 0 Å². The summed E-state index contributed by atoms with van der Waals surface area (Å²) in [7, 11) is 1.94. The predicted octanol–water partition coefficient (Wildman–Crippen LogP) is 13.5. The maximum atomic E-state index is 13.1. The van der Waals surface area contributed by atoms with Crippen LogP contribution >= 0.6 is 0 Å². The summed E-state index contributed by atoms with van der Waals surface area (Å²) < 4.78 is 0. The van der Waals surface area contributed by atoms with Gasteiger partial charge in [-0.05, 0) is 48.8 Å². The van der Waals surface area contributed by atoms with Gasteiger partial charge in [-0.25, -0.2) is 0 Å². The number of aromatic hydroxyl groups is 1. The molecule has 0 unspecified atom stereocenters. The van der Waals surface area contributed by atoms with E-state index in [0.29, 0.717) is 12.2 Å². The van der Waals surface area contributed by atoms with E-state index in [1.165, 1.54) is 154 Å². The van der Waals surface area contributed by atoms with Crippen molar-refractivity contribution >= 4 is 5.91 Å². The van der Waals surface area contributed by atoms with E-state index in [2.05, 4.69) is 40.7 Å². The standard InChI is InChI=1S/C43H79NO2/c1-8-10-12-13-14-15-16-17-18-19-20-21-22-23-24-25-26-27-28-29-30-32-34-44(7)41(45)36-39-37(3)35-40(42(46)38(39)4)43(5,6)33-31-11-9-2/h35,46H,8-34,36H2,1-7H3. The summed E-state index contributed by atoms with van der Waals surface area (Å²) in [6.45, 7) is 13.9. The van der Waals surface area contributed by atoms with Gasteiger partial charge < -0.3 is 10.0 Å². The Morgan fingerprint density at radius 3 is 1.41 bits per heavy atom.